The summed E-state index contributed by atoms with van der Waals surface area (Å²) in [5.74, 6) is -0.665. The Kier molecular flexibility index (Phi) is 6.06. The van der Waals surface area contributed by atoms with Crippen molar-refractivity contribution in [2.45, 2.75) is 9.79 Å². The van der Waals surface area contributed by atoms with Gasteiger partial charge in [0.25, 0.3) is 5.91 Å². The average Bonchev–Trinajstić information content (AvgIpc) is 2.98. The summed E-state index contributed by atoms with van der Waals surface area (Å²) in [6.07, 6.45) is 1.83. The SMILES string of the molecule is O=C1/C(=C\c2ccccc2Sc2ccc(Cl)cc2)SC(=S)N1c1cccc(F)c1. The third kappa shape index (κ3) is 4.56. The van der Waals surface area contributed by atoms with E-state index in [1.54, 1.807) is 23.9 Å². The van der Waals surface area contributed by atoms with Gasteiger partial charge in [0.2, 0.25) is 0 Å². The van der Waals surface area contributed by atoms with Crippen molar-refractivity contribution in [1.82, 2.24) is 0 Å². The van der Waals surface area contributed by atoms with Crippen molar-refractivity contribution < 1.29 is 9.18 Å². The molecular formula is C22H13ClFNOS3. The van der Waals surface area contributed by atoms with Crippen molar-refractivity contribution in [3.8, 4) is 0 Å². The highest BCUT2D eigenvalue weighted by Gasteiger charge is 2.33. The highest BCUT2D eigenvalue weighted by Crippen LogP contribution is 2.38. The molecule has 0 spiro atoms. The van der Waals surface area contributed by atoms with Crippen molar-refractivity contribution in [2.75, 3.05) is 4.90 Å². The molecule has 7 heteroatoms. The van der Waals surface area contributed by atoms with Gasteiger partial charge in [0.1, 0.15) is 5.82 Å². The lowest BCUT2D eigenvalue weighted by Gasteiger charge is -2.14. The van der Waals surface area contributed by atoms with Crippen LogP contribution in [0.4, 0.5) is 10.1 Å². The fourth-order valence-electron chi connectivity index (χ4n) is 2.77. The Morgan fingerprint density at radius 1 is 1.03 bits per heavy atom. The van der Waals surface area contributed by atoms with E-state index in [2.05, 4.69) is 0 Å². The molecule has 1 aliphatic heterocycles. The van der Waals surface area contributed by atoms with Gasteiger partial charge in [-0.3, -0.25) is 9.69 Å². The topological polar surface area (TPSA) is 20.3 Å². The van der Waals surface area contributed by atoms with Crippen molar-refractivity contribution in [1.29, 1.82) is 0 Å². The second kappa shape index (κ2) is 8.71. The van der Waals surface area contributed by atoms with E-state index >= 15 is 0 Å². The van der Waals surface area contributed by atoms with Crippen LogP contribution in [0.5, 0.6) is 0 Å². The van der Waals surface area contributed by atoms with Crippen LogP contribution in [0.3, 0.4) is 0 Å². The van der Waals surface area contributed by atoms with Gasteiger partial charge in [-0.1, -0.05) is 71.6 Å². The normalized spacial score (nSPS) is 15.4. The molecule has 1 saturated heterocycles. The van der Waals surface area contributed by atoms with Crippen molar-refractivity contribution >= 4 is 69.3 Å². The Balaban J connectivity index is 1.64. The van der Waals surface area contributed by atoms with Crippen LogP contribution in [0.1, 0.15) is 5.56 Å². The zero-order valence-corrected chi connectivity index (χ0v) is 18.0. The van der Waals surface area contributed by atoms with E-state index in [1.165, 1.54) is 28.8 Å². The fraction of sp³-hybridized carbons (Fsp3) is 0. The van der Waals surface area contributed by atoms with Gasteiger partial charge >= 0.3 is 0 Å². The summed E-state index contributed by atoms with van der Waals surface area (Å²) < 4.78 is 14.0. The number of nitrogens with zero attached hydrogens (tertiary/aromatic N) is 1. The van der Waals surface area contributed by atoms with Gasteiger partial charge in [0, 0.05) is 14.8 Å². The number of anilines is 1. The smallest absolute Gasteiger partial charge is 0.268 e. The predicted octanol–water partition coefficient (Wildman–Crippen LogP) is 7.04. The van der Waals surface area contributed by atoms with E-state index in [1.807, 2.05) is 54.6 Å². The highest BCUT2D eigenvalue weighted by atomic mass is 35.5. The molecule has 1 aliphatic rings. The minimum atomic E-state index is -0.412. The van der Waals surface area contributed by atoms with E-state index in [0.717, 1.165) is 15.4 Å². The summed E-state index contributed by atoms with van der Waals surface area (Å²) >= 11 is 14.1. The molecule has 0 aromatic heterocycles. The lowest BCUT2D eigenvalue weighted by atomic mass is 10.2. The molecule has 0 atom stereocenters. The Morgan fingerprint density at radius 3 is 2.55 bits per heavy atom. The number of hydrogen-bond acceptors (Lipinski definition) is 4. The molecular weight excluding hydrogens is 445 g/mol. The number of thioether (sulfide) groups is 1. The summed E-state index contributed by atoms with van der Waals surface area (Å²) in [4.78, 5) is 16.9. The van der Waals surface area contributed by atoms with Crippen LogP contribution >= 0.6 is 47.3 Å². The summed E-state index contributed by atoms with van der Waals surface area (Å²) in [7, 11) is 0. The van der Waals surface area contributed by atoms with Gasteiger partial charge in [0.05, 0.1) is 10.6 Å². The number of thiocarbonyl (C=S) groups is 1. The molecule has 3 aromatic carbocycles. The Bertz CT molecular complexity index is 1130. The maximum Gasteiger partial charge on any atom is 0.270 e. The van der Waals surface area contributed by atoms with E-state index < -0.39 is 5.82 Å². The number of amides is 1. The Labute approximate surface area is 186 Å². The van der Waals surface area contributed by atoms with E-state index in [-0.39, 0.29) is 5.91 Å². The fourth-order valence-corrected chi connectivity index (χ4v) is 5.10. The summed E-state index contributed by atoms with van der Waals surface area (Å²) in [6, 6.07) is 21.3. The monoisotopic (exact) mass is 457 g/mol. The number of rotatable bonds is 4. The molecule has 4 rings (SSSR count). The Hall–Kier alpha value is -2.12. The van der Waals surface area contributed by atoms with E-state index in [9.17, 15) is 9.18 Å². The van der Waals surface area contributed by atoms with Gasteiger partial charge < -0.3 is 0 Å². The molecule has 1 heterocycles. The Morgan fingerprint density at radius 2 is 1.79 bits per heavy atom. The molecule has 29 heavy (non-hydrogen) atoms. The molecule has 0 N–H and O–H groups in total. The molecule has 0 radical (unpaired) electrons. The minimum Gasteiger partial charge on any atom is -0.268 e. The lowest BCUT2D eigenvalue weighted by molar-refractivity contribution is -0.113. The van der Waals surface area contributed by atoms with Gasteiger partial charge in [-0.2, -0.15) is 0 Å². The molecule has 0 bridgehead atoms. The first kappa shape index (κ1) is 20.2. The summed E-state index contributed by atoms with van der Waals surface area (Å²) in [5, 5.41) is 0.684. The van der Waals surface area contributed by atoms with Crippen molar-refractivity contribution in [3.05, 3.63) is 94.1 Å². The summed E-state index contributed by atoms with van der Waals surface area (Å²) in [6.45, 7) is 0. The third-order valence-electron chi connectivity index (χ3n) is 4.11. The predicted molar refractivity (Wildman–Crippen MR) is 124 cm³/mol. The van der Waals surface area contributed by atoms with Crippen LogP contribution in [0, 0.1) is 5.82 Å². The number of hydrogen-bond donors (Lipinski definition) is 0. The highest BCUT2D eigenvalue weighted by molar-refractivity contribution is 8.27. The first-order valence-corrected chi connectivity index (χ1v) is 11.0. The lowest BCUT2D eigenvalue weighted by Crippen LogP contribution is -2.27. The summed E-state index contributed by atoms with van der Waals surface area (Å²) in [5.41, 5.74) is 1.34. The number of halogens is 2. The molecule has 0 saturated carbocycles. The molecule has 1 amide bonds. The average molecular weight is 458 g/mol. The number of benzene rings is 3. The van der Waals surface area contributed by atoms with Gasteiger partial charge in [-0.15, -0.1) is 0 Å². The van der Waals surface area contributed by atoms with E-state index in [0.29, 0.717) is 19.9 Å². The molecule has 1 fully saturated rings. The van der Waals surface area contributed by atoms with Crippen LogP contribution in [-0.4, -0.2) is 10.2 Å². The van der Waals surface area contributed by atoms with Gasteiger partial charge in [-0.05, 0) is 60.2 Å². The van der Waals surface area contributed by atoms with Crippen LogP contribution in [0.15, 0.2) is 87.5 Å². The second-order valence-corrected chi connectivity index (χ2v) is 9.32. The number of carbonyl (C=O) groups is 1. The molecule has 2 nitrogen and oxygen atoms in total. The maximum absolute atomic E-state index is 13.6. The first-order valence-electron chi connectivity index (χ1n) is 8.57. The molecule has 0 unspecified atom stereocenters. The standard InChI is InChI=1S/C22H13ClFNOS3/c23-15-8-10-18(11-9-15)28-19-7-2-1-4-14(19)12-20-21(26)25(22(27)29-20)17-6-3-5-16(24)13-17/h1-13H/b20-12+. The third-order valence-corrected chi connectivity index (χ3v) is 6.76. The largest absolute Gasteiger partial charge is 0.270 e. The zero-order chi connectivity index (χ0) is 20.4. The van der Waals surface area contributed by atoms with E-state index in [4.69, 9.17) is 23.8 Å². The second-order valence-electron chi connectivity index (χ2n) is 6.09. The van der Waals surface area contributed by atoms with Crippen LogP contribution in [0.2, 0.25) is 5.02 Å². The van der Waals surface area contributed by atoms with Crippen molar-refractivity contribution in [3.63, 3.8) is 0 Å². The first-order chi connectivity index (χ1) is 14.0. The molecule has 144 valence electrons. The van der Waals surface area contributed by atoms with Crippen LogP contribution in [-0.2, 0) is 4.79 Å². The maximum atomic E-state index is 13.6. The van der Waals surface area contributed by atoms with Crippen LogP contribution < -0.4 is 4.90 Å². The molecule has 0 aliphatic carbocycles. The van der Waals surface area contributed by atoms with Crippen LogP contribution in [0.25, 0.3) is 6.08 Å². The van der Waals surface area contributed by atoms with Crippen molar-refractivity contribution in [2.24, 2.45) is 0 Å². The van der Waals surface area contributed by atoms with Gasteiger partial charge in [0.15, 0.2) is 4.32 Å². The number of carbonyl (C=O) groups excluding carboxylic acids is 1. The minimum absolute atomic E-state index is 0.253. The van der Waals surface area contributed by atoms with Gasteiger partial charge in [-0.25, -0.2) is 4.39 Å². The quantitative estimate of drug-likeness (QED) is 0.309. The molecule has 3 aromatic rings. The zero-order valence-electron chi connectivity index (χ0n) is 14.8.